The van der Waals surface area contributed by atoms with E-state index in [1.54, 1.807) is 0 Å². The summed E-state index contributed by atoms with van der Waals surface area (Å²) in [5.41, 5.74) is 10.6. The van der Waals surface area contributed by atoms with Crippen LogP contribution in [0.2, 0.25) is 0 Å². The van der Waals surface area contributed by atoms with Crippen LogP contribution in [-0.4, -0.2) is 11.3 Å². The van der Waals surface area contributed by atoms with Crippen molar-refractivity contribution >= 4 is 5.82 Å². The maximum atomic E-state index is 11.9. The van der Waals surface area contributed by atoms with Crippen molar-refractivity contribution in [1.29, 1.82) is 0 Å². The Morgan fingerprint density at radius 3 is 2.57 bits per heavy atom. The van der Waals surface area contributed by atoms with Crippen molar-refractivity contribution in [1.82, 2.24) is 4.98 Å². The van der Waals surface area contributed by atoms with Gasteiger partial charge in [-0.15, -0.1) is 13.2 Å². The fraction of sp³-hybridized carbons (Fsp3) is 0.286. The molecule has 1 rings (SSSR count). The molecule has 0 unspecified atom stereocenters. The van der Waals surface area contributed by atoms with Gasteiger partial charge in [0, 0.05) is 18.3 Å². The fourth-order valence-electron chi connectivity index (χ4n) is 0.901. The highest BCUT2D eigenvalue weighted by atomic mass is 19.4. The molecule has 4 N–H and O–H groups in total. The van der Waals surface area contributed by atoms with E-state index in [9.17, 15) is 13.2 Å². The summed E-state index contributed by atoms with van der Waals surface area (Å²) in [7, 11) is 0. The molecule has 0 radical (unpaired) electrons. The van der Waals surface area contributed by atoms with E-state index >= 15 is 0 Å². The molecule has 0 aliphatic carbocycles. The molecule has 0 saturated carbocycles. The van der Waals surface area contributed by atoms with Crippen molar-refractivity contribution in [2.45, 2.75) is 12.9 Å². The molecule has 0 aromatic carbocycles. The number of alkyl halides is 3. The van der Waals surface area contributed by atoms with Gasteiger partial charge in [0.25, 0.3) is 0 Å². The number of hydrogen-bond donors (Lipinski definition) is 2. The molecule has 0 spiro atoms. The summed E-state index contributed by atoms with van der Waals surface area (Å²) in [4.78, 5) is 3.47. The Morgan fingerprint density at radius 2 is 2.07 bits per heavy atom. The second-order valence-electron chi connectivity index (χ2n) is 2.44. The molecule has 0 bridgehead atoms. The van der Waals surface area contributed by atoms with Gasteiger partial charge >= 0.3 is 6.36 Å². The van der Waals surface area contributed by atoms with E-state index in [0.29, 0.717) is 0 Å². The summed E-state index contributed by atoms with van der Waals surface area (Å²) >= 11 is 0. The zero-order chi connectivity index (χ0) is 10.8. The highest BCUT2D eigenvalue weighted by Gasteiger charge is 2.33. The average molecular weight is 207 g/mol. The lowest BCUT2D eigenvalue weighted by Crippen LogP contribution is -2.20. The molecule has 1 aromatic heterocycles. The molecule has 4 nitrogen and oxygen atoms in total. The summed E-state index contributed by atoms with van der Waals surface area (Å²) < 4.78 is 39.4. The van der Waals surface area contributed by atoms with Crippen LogP contribution >= 0.6 is 0 Å². The second-order valence-corrected chi connectivity index (χ2v) is 2.44. The standard InChI is InChI=1S/C7H8F3N3O/c8-7(9,10)14-5-4(3-11)1-2-13-6(5)12/h1-2H,3,11H2,(H2,12,13). The van der Waals surface area contributed by atoms with Crippen molar-refractivity contribution < 1.29 is 17.9 Å². The molecule has 14 heavy (non-hydrogen) atoms. The van der Waals surface area contributed by atoms with Gasteiger partial charge in [-0.25, -0.2) is 4.98 Å². The van der Waals surface area contributed by atoms with Gasteiger partial charge in [-0.1, -0.05) is 0 Å². The van der Waals surface area contributed by atoms with E-state index in [1.807, 2.05) is 0 Å². The van der Waals surface area contributed by atoms with Crippen molar-refractivity contribution in [2.24, 2.45) is 5.73 Å². The molecule has 0 saturated heterocycles. The fourth-order valence-corrected chi connectivity index (χ4v) is 0.901. The van der Waals surface area contributed by atoms with Crippen LogP contribution in [0.25, 0.3) is 0 Å². The van der Waals surface area contributed by atoms with Crippen LogP contribution in [0.3, 0.4) is 0 Å². The van der Waals surface area contributed by atoms with Crippen LogP contribution in [0.1, 0.15) is 5.56 Å². The number of nitrogens with two attached hydrogens (primary N) is 2. The number of aromatic nitrogens is 1. The Kier molecular flexibility index (Phi) is 2.80. The lowest BCUT2D eigenvalue weighted by molar-refractivity contribution is -0.274. The number of pyridine rings is 1. The smallest absolute Gasteiger partial charge is 0.401 e. The molecule has 1 heterocycles. The zero-order valence-electron chi connectivity index (χ0n) is 7.01. The normalized spacial score (nSPS) is 11.4. The van der Waals surface area contributed by atoms with Gasteiger partial charge in [-0.2, -0.15) is 0 Å². The molecule has 7 heteroatoms. The van der Waals surface area contributed by atoms with Gasteiger partial charge < -0.3 is 16.2 Å². The number of nitrogen functional groups attached to an aromatic ring is 1. The van der Waals surface area contributed by atoms with E-state index in [4.69, 9.17) is 11.5 Å². The summed E-state index contributed by atoms with van der Waals surface area (Å²) in [5.74, 6) is -0.854. The molecular weight excluding hydrogens is 199 g/mol. The Labute approximate surface area is 77.7 Å². The number of hydrogen-bond acceptors (Lipinski definition) is 4. The Bertz CT molecular complexity index is 326. The highest BCUT2D eigenvalue weighted by molar-refractivity contribution is 5.50. The minimum Gasteiger partial charge on any atom is -0.401 e. The summed E-state index contributed by atoms with van der Waals surface area (Å²) in [6.07, 6.45) is -3.53. The van der Waals surface area contributed by atoms with Gasteiger partial charge in [0.05, 0.1) is 0 Å². The highest BCUT2D eigenvalue weighted by Crippen LogP contribution is 2.29. The average Bonchev–Trinajstić information content (AvgIpc) is 2.06. The lowest BCUT2D eigenvalue weighted by atomic mass is 10.2. The van der Waals surface area contributed by atoms with Gasteiger partial charge in [0.2, 0.25) is 0 Å². The number of rotatable bonds is 2. The van der Waals surface area contributed by atoms with Crippen LogP contribution < -0.4 is 16.2 Å². The molecule has 78 valence electrons. The van der Waals surface area contributed by atoms with Crippen molar-refractivity contribution in [3.05, 3.63) is 17.8 Å². The Hall–Kier alpha value is -1.50. The maximum Gasteiger partial charge on any atom is 0.573 e. The van der Waals surface area contributed by atoms with Crippen LogP contribution in [0.15, 0.2) is 12.3 Å². The molecule has 0 fully saturated rings. The van der Waals surface area contributed by atoms with E-state index in [0.717, 1.165) is 0 Å². The van der Waals surface area contributed by atoms with Crippen LogP contribution in [0, 0.1) is 0 Å². The van der Waals surface area contributed by atoms with Gasteiger partial charge in [0.1, 0.15) is 0 Å². The van der Waals surface area contributed by atoms with E-state index < -0.39 is 12.1 Å². The minimum absolute atomic E-state index is 0.0991. The molecule has 1 aromatic rings. The molecule has 0 atom stereocenters. The van der Waals surface area contributed by atoms with Crippen LogP contribution in [0.5, 0.6) is 5.75 Å². The largest absolute Gasteiger partial charge is 0.573 e. The topological polar surface area (TPSA) is 74.2 Å². The first-order valence-electron chi connectivity index (χ1n) is 3.63. The number of halogens is 3. The number of nitrogens with zero attached hydrogens (tertiary/aromatic N) is 1. The van der Waals surface area contributed by atoms with E-state index in [1.165, 1.54) is 12.3 Å². The summed E-state index contributed by atoms with van der Waals surface area (Å²) in [6.45, 7) is -0.0991. The SMILES string of the molecule is NCc1ccnc(N)c1OC(F)(F)F. The van der Waals surface area contributed by atoms with E-state index in [-0.39, 0.29) is 17.9 Å². The Morgan fingerprint density at radius 1 is 1.43 bits per heavy atom. The molecular formula is C7H8F3N3O. The lowest BCUT2D eigenvalue weighted by Gasteiger charge is -2.13. The molecule has 0 amide bonds. The van der Waals surface area contributed by atoms with Crippen molar-refractivity contribution in [2.75, 3.05) is 5.73 Å². The van der Waals surface area contributed by atoms with Crippen molar-refractivity contribution in [3.8, 4) is 5.75 Å². The minimum atomic E-state index is -4.79. The summed E-state index contributed by atoms with van der Waals surface area (Å²) in [5, 5.41) is 0. The van der Waals surface area contributed by atoms with Gasteiger partial charge in [-0.3, -0.25) is 0 Å². The second kappa shape index (κ2) is 3.70. The first-order valence-corrected chi connectivity index (χ1v) is 3.63. The van der Waals surface area contributed by atoms with Crippen LogP contribution in [0.4, 0.5) is 19.0 Å². The first kappa shape index (κ1) is 10.6. The summed E-state index contributed by atoms with van der Waals surface area (Å²) in [6, 6.07) is 1.32. The third-order valence-corrected chi connectivity index (χ3v) is 1.45. The van der Waals surface area contributed by atoms with Gasteiger partial charge in [-0.05, 0) is 6.07 Å². The monoisotopic (exact) mass is 207 g/mol. The van der Waals surface area contributed by atoms with Gasteiger partial charge in [0.15, 0.2) is 11.6 Å². The third kappa shape index (κ3) is 2.49. The number of anilines is 1. The predicted molar refractivity (Wildman–Crippen MR) is 43.2 cm³/mol. The third-order valence-electron chi connectivity index (χ3n) is 1.45. The molecule has 0 aliphatic heterocycles. The number of ether oxygens (including phenoxy) is 1. The predicted octanol–water partition coefficient (Wildman–Crippen LogP) is 1.02. The Balaban J connectivity index is 3.05. The van der Waals surface area contributed by atoms with Crippen LogP contribution in [-0.2, 0) is 6.54 Å². The maximum absolute atomic E-state index is 11.9. The first-order chi connectivity index (χ1) is 6.44. The van der Waals surface area contributed by atoms with E-state index in [2.05, 4.69) is 9.72 Å². The molecule has 0 aliphatic rings. The quantitative estimate of drug-likeness (QED) is 0.759. The zero-order valence-corrected chi connectivity index (χ0v) is 7.01. The van der Waals surface area contributed by atoms with Crippen molar-refractivity contribution in [3.63, 3.8) is 0 Å².